The lowest BCUT2D eigenvalue weighted by Gasteiger charge is -2.28. The van der Waals surface area contributed by atoms with Gasteiger partial charge in [0.1, 0.15) is 37.0 Å². The van der Waals surface area contributed by atoms with Crippen molar-refractivity contribution in [1.82, 2.24) is 15.1 Å². The van der Waals surface area contributed by atoms with Gasteiger partial charge in [0.15, 0.2) is 12.4 Å². The normalized spacial score (nSPS) is 13.0. The van der Waals surface area contributed by atoms with Crippen molar-refractivity contribution in [3.8, 4) is 0 Å². The van der Waals surface area contributed by atoms with Crippen molar-refractivity contribution in [1.29, 1.82) is 0 Å². The fraction of sp³-hybridized carbons (Fsp3) is 0.882. The first-order chi connectivity index (χ1) is 45.9. The lowest BCUT2D eigenvalue weighted by molar-refractivity contribution is -0.159. The van der Waals surface area contributed by atoms with Crippen molar-refractivity contribution < 1.29 is 76.1 Å². The van der Waals surface area contributed by atoms with Gasteiger partial charge in [0.25, 0.3) is 5.91 Å². The average Bonchev–Trinajstić information content (AvgIpc) is 1.29. The van der Waals surface area contributed by atoms with Crippen LogP contribution in [0.2, 0.25) is 0 Å². The molecule has 0 aliphatic heterocycles. The summed E-state index contributed by atoms with van der Waals surface area (Å²) >= 11 is 0. The third-order valence-corrected chi connectivity index (χ3v) is 15.7. The van der Waals surface area contributed by atoms with Gasteiger partial charge < -0.3 is 57.0 Å². The zero-order valence-electron chi connectivity index (χ0n) is 62.5. The summed E-state index contributed by atoms with van der Waals surface area (Å²) in [6.45, 7) is 21.5. The number of esters is 3. The highest BCUT2D eigenvalue weighted by atomic mass is 16.7. The molecule has 0 aromatic heterocycles. The second kappa shape index (κ2) is 65.0. The summed E-state index contributed by atoms with van der Waals surface area (Å²) in [6, 6.07) is -0.907. The number of nitrogens with zero attached hydrogens (tertiary/aromatic N) is 2. The highest BCUT2D eigenvalue weighted by molar-refractivity contribution is 5.81. The van der Waals surface area contributed by atoms with E-state index in [2.05, 4.69) is 50.4 Å². The molecule has 3 atom stereocenters. The van der Waals surface area contributed by atoms with E-state index in [1.807, 2.05) is 4.90 Å². The zero-order chi connectivity index (χ0) is 70.1. The Kier molecular flexibility index (Phi) is 62.4. The number of hydrogen-bond acceptors (Lipinski definition) is 17. The summed E-state index contributed by atoms with van der Waals surface area (Å²) in [7, 11) is 1.42. The lowest BCUT2D eigenvalue weighted by atomic mass is 10.1. The molecule has 3 unspecified atom stereocenters. The molecule has 1 N–H and O–H groups in total. The summed E-state index contributed by atoms with van der Waals surface area (Å²) in [5.74, 6) is -2.01. The molecule has 0 rings (SSSR count). The molecule has 2 amide bonds. The molecule has 19 heteroatoms. The minimum absolute atomic E-state index is 0.0222. The Morgan fingerprint density at radius 2 is 0.842 bits per heavy atom. The third-order valence-electron chi connectivity index (χ3n) is 15.7. The first-order valence-corrected chi connectivity index (χ1v) is 37.8. The van der Waals surface area contributed by atoms with Gasteiger partial charge in [-0.25, -0.2) is 4.79 Å². The summed E-state index contributed by atoms with van der Waals surface area (Å²) < 4.78 is 62.5. The number of unbranched alkanes of at least 4 members (excludes halogenated alkanes) is 29. The van der Waals surface area contributed by atoms with Gasteiger partial charge in [-0.2, -0.15) is 0 Å². The molecule has 0 saturated heterocycles. The van der Waals surface area contributed by atoms with E-state index in [0.29, 0.717) is 46.1 Å². The van der Waals surface area contributed by atoms with E-state index < -0.39 is 60.2 Å². The van der Waals surface area contributed by atoms with Gasteiger partial charge in [0.2, 0.25) is 0 Å². The second-order valence-electron chi connectivity index (χ2n) is 27.2. The van der Waals surface area contributed by atoms with Gasteiger partial charge >= 0.3 is 24.0 Å². The Hall–Kier alpha value is -3.69. The van der Waals surface area contributed by atoms with E-state index in [1.165, 1.54) is 180 Å². The van der Waals surface area contributed by atoms with Crippen molar-refractivity contribution in [2.45, 2.75) is 317 Å². The number of allylic oxidation sites excluding steroid dienone is 4. The number of methoxy groups -OCH3 is 1. The molecular formula is C76H143N3O16. The van der Waals surface area contributed by atoms with Crippen LogP contribution in [-0.2, 0) is 71.3 Å². The number of amides is 2. The van der Waals surface area contributed by atoms with Crippen LogP contribution in [-0.4, -0.2) is 188 Å². The van der Waals surface area contributed by atoms with Gasteiger partial charge in [-0.15, -0.1) is 0 Å². The molecule has 95 heavy (non-hydrogen) atoms. The molecule has 0 radical (unpaired) electrons. The first kappa shape index (κ1) is 91.3. The molecule has 0 saturated carbocycles. The van der Waals surface area contributed by atoms with Gasteiger partial charge in [-0.3, -0.25) is 29.4 Å². The predicted molar refractivity (Wildman–Crippen MR) is 382 cm³/mol. The Morgan fingerprint density at radius 3 is 1.34 bits per heavy atom. The molecule has 19 nitrogen and oxygen atoms in total. The Labute approximate surface area is 579 Å². The van der Waals surface area contributed by atoms with Crippen LogP contribution in [0.1, 0.15) is 288 Å². The van der Waals surface area contributed by atoms with E-state index in [4.69, 9.17) is 52.1 Å². The lowest BCUT2D eigenvalue weighted by Crippen LogP contribution is -2.46. The predicted octanol–water partition coefficient (Wildman–Crippen LogP) is 16.3. The highest BCUT2D eigenvalue weighted by Gasteiger charge is 2.28. The summed E-state index contributed by atoms with van der Waals surface area (Å²) in [5, 5.41) is 2.77. The molecular weight excluding hydrogens is 1210 g/mol. The maximum atomic E-state index is 14.4. The number of carbonyl (C=O) groups is 5. The smallest absolute Gasteiger partial charge is 0.410 e. The maximum absolute atomic E-state index is 14.4. The number of ether oxygens (including phenoxy) is 11. The standard InChI is InChI=1S/C76H143N3O16/c1-12-15-18-21-24-26-28-30-32-34-36-38-40-42-45-48-53-88-66-69(91-54-49-46-43-41-39-37-35-33-31-29-27-25-22-19-16-13-2)72(82)78(50-47-44-23-20-17-14-3)51-55-86-57-60-89-67(4)90-61-58-87-59-62-93-71(81)64-79(74(84)95-76(8,9)10)52-56-92-70(80)63-77-68(65-85-11)73(83)94-75(5,6)7/h30-33,67-69,77H,12-29,34-66H2,1-11H3/b32-30-,33-31-. The highest BCUT2D eigenvalue weighted by Crippen LogP contribution is 2.16. The molecule has 0 aliphatic rings. The van der Waals surface area contributed by atoms with Crippen LogP contribution in [0.15, 0.2) is 24.3 Å². The van der Waals surface area contributed by atoms with E-state index in [0.717, 1.165) is 49.8 Å². The topological polar surface area (TPSA) is 205 Å². The van der Waals surface area contributed by atoms with E-state index in [9.17, 15) is 24.0 Å². The monoisotopic (exact) mass is 1350 g/mol. The molecule has 0 aromatic carbocycles. The van der Waals surface area contributed by atoms with Crippen LogP contribution < -0.4 is 5.32 Å². The van der Waals surface area contributed by atoms with E-state index in [1.54, 1.807) is 48.5 Å². The van der Waals surface area contributed by atoms with Crippen LogP contribution in [0.3, 0.4) is 0 Å². The van der Waals surface area contributed by atoms with Gasteiger partial charge in [-0.05, 0) is 119 Å². The number of hydrogen-bond donors (Lipinski definition) is 1. The van der Waals surface area contributed by atoms with Crippen LogP contribution in [0, 0.1) is 0 Å². The molecule has 0 aromatic rings. The van der Waals surface area contributed by atoms with Crippen LogP contribution in [0.4, 0.5) is 4.79 Å². The minimum Gasteiger partial charge on any atom is -0.463 e. The average molecular weight is 1350 g/mol. The number of rotatable bonds is 68. The van der Waals surface area contributed by atoms with E-state index in [-0.39, 0.29) is 65.2 Å². The van der Waals surface area contributed by atoms with E-state index >= 15 is 0 Å². The zero-order valence-corrected chi connectivity index (χ0v) is 62.5. The van der Waals surface area contributed by atoms with Gasteiger partial charge in [0.05, 0.1) is 65.9 Å². The van der Waals surface area contributed by atoms with Crippen molar-refractivity contribution in [2.75, 3.05) is 119 Å². The van der Waals surface area contributed by atoms with Crippen molar-refractivity contribution in [3.05, 3.63) is 24.3 Å². The van der Waals surface area contributed by atoms with Crippen molar-refractivity contribution in [2.24, 2.45) is 0 Å². The SMILES string of the molecule is CCCCCCCC/C=C\CCCCCCCCOCC(OCCCCCCCC/C=C\CCCCCCCC)C(=O)N(CCCCCCCC)CCOCCOC(C)OCCOCCOC(=O)CN(CCOC(=O)CNC(COC)C(=O)OC(C)(C)C)C(=O)OC(C)(C)C. The summed E-state index contributed by atoms with van der Waals surface area (Å²) in [6.07, 6.45) is 49.3. The molecule has 0 heterocycles. The maximum Gasteiger partial charge on any atom is 0.410 e. The van der Waals surface area contributed by atoms with Gasteiger partial charge in [0, 0.05) is 33.4 Å². The molecule has 0 bridgehead atoms. The Bertz CT molecular complexity index is 1860. The van der Waals surface area contributed by atoms with Gasteiger partial charge in [-0.1, -0.05) is 193 Å². The quantitative estimate of drug-likeness (QED) is 0.0198. The van der Waals surface area contributed by atoms with Crippen molar-refractivity contribution in [3.63, 3.8) is 0 Å². The third kappa shape index (κ3) is 62.3. The summed E-state index contributed by atoms with van der Waals surface area (Å²) in [4.78, 5) is 68.3. The minimum atomic E-state index is -0.907. The molecule has 0 fully saturated rings. The number of nitrogens with one attached hydrogen (secondary N) is 1. The second-order valence-corrected chi connectivity index (χ2v) is 27.2. The molecule has 0 aliphatic carbocycles. The Balaban J connectivity index is 5.11. The fourth-order valence-corrected chi connectivity index (χ4v) is 10.3. The largest absolute Gasteiger partial charge is 0.463 e. The summed E-state index contributed by atoms with van der Waals surface area (Å²) in [5.41, 5.74) is -1.59. The first-order valence-electron chi connectivity index (χ1n) is 37.8. The Morgan fingerprint density at radius 1 is 0.411 bits per heavy atom. The van der Waals surface area contributed by atoms with Crippen molar-refractivity contribution >= 4 is 29.9 Å². The fourth-order valence-electron chi connectivity index (χ4n) is 10.3. The molecule has 558 valence electrons. The van der Waals surface area contributed by atoms with Crippen LogP contribution in [0.25, 0.3) is 0 Å². The van der Waals surface area contributed by atoms with Crippen LogP contribution >= 0.6 is 0 Å². The van der Waals surface area contributed by atoms with Crippen LogP contribution in [0.5, 0.6) is 0 Å². The number of carbonyl (C=O) groups excluding carboxylic acids is 5. The molecule has 0 spiro atoms.